The fourth-order valence-electron chi connectivity index (χ4n) is 3.03. The summed E-state index contributed by atoms with van der Waals surface area (Å²) in [5, 5.41) is 0.526. The second-order valence-corrected chi connectivity index (χ2v) is 6.15. The van der Waals surface area contributed by atoms with Crippen molar-refractivity contribution < 1.29 is 4.39 Å². The van der Waals surface area contributed by atoms with Crippen LogP contribution in [-0.2, 0) is 6.54 Å². The Bertz CT molecular complexity index is 410. The maximum atomic E-state index is 13.9. The maximum absolute atomic E-state index is 13.9. The summed E-state index contributed by atoms with van der Waals surface area (Å²) in [6.45, 7) is 3.73. The van der Waals surface area contributed by atoms with E-state index in [0.717, 1.165) is 38.6 Å². The first-order chi connectivity index (χ1) is 9.61. The van der Waals surface area contributed by atoms with Crippen molar-refractivity contribution in [1.29, 1.82) is 0 Å². The number of benzene rings is 1. The Morgan fingerprint density at radius 3 is 2.60 bits per heavy atom. The molecule has 2 N–H and O–H groups in total. The fourth-order valence-corrected chi connectivity index (χ4v) is 3.25. The molecule has 1 aliphatic carbocycles. The van der Waals surface area contributed by atoms with Gasteiger partial charge < -0.3 is 5.73 Å². The molecule has 0 atom stereocenters. The first kappa shape index (κ1) is 15.7. The lowest BCUT2D eigenvalue weighted by atomic mass is 9.90. The van der Waals surface area contributed by atoms with Gasteiger partial charge in [-0.05, 0) is 50.8 Å². The van der Waals surface area contributed by atoms with Crippen LogP contribution in [0, 0.1) is 5.82 Å². The quantitative estimate of drug-likeness (QED) is 0.891. The van der Waals surface area contributed by atoms with Crippen LogP contribution in [0.25, 0.3) is 0 Å². The van der Waals surface area contributed by atoms with E-state index < -0.39 is 0 Å². The van der Waals surface area contributed by atoms with Crippen LogP contribution in [0.1, 0.15) is 44.6 Å². The molecule has 112 valence electrons. The number of hydrogen-bond donors (Lipinski definition) is 1. The van der Waals surface area contributed by atoms with Gasteiger partial charge in [0.1, 0.15) is 5.82 Å². The van der Waals surface area contributed by atoms with Crippen LogP contribution in [0.2, 0.25) is 5.02 Å². The van der Waals surface area contributed by atoms with Crippen LogP contribution >= 0.6 is 11.6 Å². The van der Waals surface area contributed by atoms with E-state index in [1.807, 2.05) is 0 Å². The van der Waals surface area contributed by atoms with Gasteiger partial charge in [0, 0.05) is 29.2 Å². The van der Waals surface area contributed by atoms with Gasteiger partial charge in [-0.1, -0.05) is 24.6 Å². The monoisotopic (exact) mass is 298 g/mol. The molecule has 0 bridgehead atoms. The SMILES string of the molecule is CCCN(Cc1c(F)cccc1Cl)C1CCC(N)CC1. The zero-order valence-corrected chi connectivity index (χ0v) is 12.9. The minimum absolute atomic E-state index is 0.203. The highest BCUT2D eigenvalue weighted by Gasteiger charge is 2.25. The van der Waals surface area contributed by atoms with Gasteiger partial charge in [-0.2, -0.15) is 0 Å². The number of nitrogens with zero attached hydrogens (tertiary/aromatic N) is 1. The lowest BCUT2D eigenvalue weighted by Gasteiger charge is -2.36. The summed E-state index contributed by atoms with van der Waals surface area (Å²) < 4.78 is 13.9. The molecule has 1 fully saturated rings. The highest BCUT2D eigenvalue weighted by molar-refractivity contribution is 6.31. The summed E-state index contributed by atoms with van der Waals surface area (Å²) in [6.07, 6.45) is 5.40. The summed E-state index contributed by atoms with van der Waals surface area (Å²) in [5.41, 5.74) is 6.59. The van der Waals surface area contributed by atoms with Gasteiger partial charge in [-0.3, -0.25) is 4.90 Å². The number of rotatable bonds is 5. The number of nitrogens with two attached hydrogens (primary N) is 1. The molecule has 0 amide bonds. The molecule has 2 nitrogen and oxygen atoms in total. The second-order valence-electron chi connectivity index (χ2n) is 5.74. The number of halogens is 2. The van der Waals surface area contributed by atoms with E-state index in [4.69, 9.17) is 17.3 Å². The molecule has 1 aliphatic rings. The highest BCUT2D eigenvalue weighted by Crippen LogP contribution is 2.27. The average molecular weight is 299 g/mol. The van der Waals surface area contributed by atoms with E-state index in [9.17, 15) is 4.39 Å². The zero-order valence-electron chi connectivity index (χ0n) is 12.1. The molecule has 2 rings (SSSR count). The Hall–Kier alpha value is -0.640. The minimum atomic E-state index is -0.203. The predicted molar refractivity (Wildman–Crippen MR) is 82.3 cm³/mol. The summed E-state index contributed by atoms with van der Waals surface area (Å²) in [4.78, 5) is 2.37. The van der Waals surface area contributed by atoms with Crippen molar-refractivity contribution in [3.05, 3.63) is 34.6 Å². The number of hydrogen-bond acceptors (Lipinski definition) is 2. The Kier molecular flexibility index (Phi) is 5.82. The van der Waals surface area contributed by atoms with Crippen molar-refractivity contribution >= 4 is 11.6 Å². The molecule has 0 unspecified atom stereocenters. The summed E-state index contributed by atoms with van der Waals surface area (Å²) in [5.74, 6) is -0.203. The third-order valence-corrected chi connectivity index (χ3v) is 4.55. The lowest BCUT2D eigenvalue weighted by Crippen LogP contribution is -2.41. The molecule has 0 aromatic heterocycles. The highest BCUT2D eigenvalue weighted by atomic mass is 35.5. The van der Waals surface area contributed by atoms with Crippen molar-refractivity contribution in [1.82, 2.24) is 4.90 Å². The van der Waals surface area contributed by atoms with Crippen LogP contribution in [-0.4, -0.2) is 23.5 Å². The predicted octanol–water partition coefficient (Wildman–Crippen LogP) is 3.96. The summed E-state index contributed by atoms with van der Waals surface area (Å²) >= 11 is 6.15. The molecule has 0 heterocycles. The molecule has 1 aromatic rings. The average Bonchev–Trinajstić information content (AvgIpc) is 2.43. The van der Waals surface area contributed by atoms with Crippen molar-refractivity contribution in [3.63, 3.8) is 0 Å². The van der Waals surface area contributed by atoms with Crippen LogP contribution in [0.3, 0.4) is 0 Å². The van der Waals surface area contributed by atoms with E-state index in [2.05, 4.69) is 11.8 Å². The van der Waals surface area contributed by atoms with E-state index in [1.54, 1.807) is 12.1 Å². The van der Waals surface area contributed by atoms with Crippen molar-refractivity contribution in [2.75, 3.05) is 6.54 Å². The molecule has 0 radical (unpaired) electrons. The molecule has 0 saturated heterocycles. The Labute approximate surface area is 126 Å². The lowest BCUT2D eigenvalue weighted by molar-refractivity contribution is 0.140. The van der Waals surface area contributed by atoms with Crippen molar-refractivity contribution in [2.45, 2.75) is 57.7 Å². The first-order valence-electron chi connectivity index (χ1n) is 7.54. The van der Waals surface area contributed by atoms with E-state index in [-0.39, 0.29) is 5.82 Å². The summed E-state index contributed by atoms with van der Waals surface area (Å²) in [7, 11) is 0. The topological polar surface area (TPSA) is 29.3 Å². The van der Waals surface area contributed by atoms with Crippen LogP contribution < -0.4 is 5.73 Å². The van der Waals surface area contributed by atoms with Crippen LogP contribution in [0.4, 0.5) is 4.39 Å². The molecule has 20 heavy (non-hydrogen) atoms. The van der Waals surface area contributed by atoms with Gasteiger partial charge in [0.05, 0.1) is 0 Å². The molecular weight excluding hydrogens is 275 g/mol. The molecule has 1 saturated carbocycles. The largest absolute Gasteiger partial charge is 0.328 e. The summed E-state index contributed by atoms with van der Waals surface area (Å²) in [6, 6.07) is 5.76. The van der Waals surface area contributed by atoms with Crippen LogP contribution in [0.15, 0.2) is 18.2 Å². The Balaban J connectivity index is 2.09. The Morgan fingerprint density at radius 2 is 2.00 bits per heavy atom. The minimum Gasteiger partial charge on any atom is -0.328 e. The molecular formula is C16H24ClFN2. The Morgan fingerprint density at radius 1 is 1.30 bits per heavy atom. The second kappa shape index (κ2) is 7.39. The maximum Gasteiger partial charge on any atom is 0.129 e. The fraction of sp³-hybridized carbons (Fsp3) is 0.625. The molecule has 4 heteroatoms. The molecule has 1 aromatic carbocycles. The smallest absolute Gasteiger partial charge is 0.129 e. The third kappa shape index (κ3) is 3.94. The van der Waals surface area contributed by atoms with Gasteiger partial charge in [0.25, 0.3) is 0 Å². The van der Waals surface area contributed by atoms with Crippen molar-refractivity contribution in [2.24, 2.45) is 5.73 Å². The van der Waals surface area contributed by atoms with E-state index in [0.29, 0.717) is 29.2 Å². The van der Waals surface area contributed by atoms with Gasteiger partial charge in [0.15, 0.2) is 0 Å². The molecule has 0 spiro atoms. The normalized spacial score (nSPS) is 23.2. The van der Waals surface area contributed by atoms with Gasteiger partial charge in [-0.25, -0.2) is 4.39 Å². The molecule has 0 aliphatic heterocycles. The third-order valence-electron chi connectivity index (χ3n) is 4.19. The van der Waals surface area contributed by atoms with Gasteiger partial charge in [-0.15, -0.1) is 0 Å². The van der Waals surface area contributed by atoms with Crippen LogP contribution in [0.5, 0.6) is 0 Å². The first-order valence-corrected chi connectivity index (χ1v) is 7.92. The zero-order chi connectivity index (χ0) is 14.5. The van der Waals surface area contributed by atoms with E-state index >= 15 is 0 Å². The van der Waals surface area contributed by atoms with Gasteiger partial charge >= 0.3 is 0 Å². The van der Waals surface area contributed by atoms with Gasteiger partial charge in [0.2, 0.25) is 0 Å². The van der Waals surface area contributed by atoms with Crippen molar-refractivity contribution in [3.8, 4) is 0 Å². The standard InChI is InChI=1S/C16H24ClFN2/c1-2-10-20(13-8-6-12(19)7-9-13)11-14-15(17)4-3-5-16(14)18/h3-5,12-13H,2,6-11,19H2,1H3. The van der Waals surface area contributed by atoms with E-state index in [1.165, 1.54) is 6.07 Å².